The van der Waals surface area contributed by atoms with Crippen LogP contribution in [0.15, 0.2) is 110 Å². The number of nitrogens with one attached hydrogen (secondary N) is 1. The number of halogens is 3. The highest BCUT2D eigenvalue weighted by Gasteiger charge is 2.32. The van der Waals surface area contributed by atoms with Crippen LogP contribution in [0.5, 0.6) is 0 Å². The van der Waals surface area contributed by atoms with Crippen LogP contribution >= 0.6 is 0 Å². The second kappa shape index (κ2) is 17.2. The molecule has 9 nitrogen and oxygen atoms in total. The molecule has 2 unspecified atom stereocenters. The fourth-order valence-electron chi connectivity index (χ4n) is 6.91. The van der Waals surface area contributed by atoms with Crippen LogP contribution in [0, 0.1) is 0 Å². The second-order valence-corrected chi connectivity index (χ2v) is 14.5. The Balaban J connectivity index is 0.000000168. The molecule has 12 heteroatoms. The average molecular weight is 749 g/mol. The van der Waals surface area contributed by atoms with Crippen molar-refractivity contribution in [2.45, 2.75) is 57.2 Å². The lowest BCUT2D eigenvalue weighted by Crippen LogP contribution is -2.35. The first-order valence-corrected chi connectivity index (χ1v) is 18.2. The predicted molar refractivity (Wildman–Crippen MR) is 207 cm³/mol. The van der Waals surface area contributed by atoms with Gasteiger partial charge < -0.3 is 15.0 Å². The topological polar surface area (TPSA) is 110 Å². The molecule has 0 saturated carbocycles. The summed E-state index contributed by atoms with van der Waals surface area (Å²) in [4.78, 5) is 40.4. The van der Waals surface area contributed by atoms with Crippen molar-refractivity contribution in [2.24, 2.45) is 0 Å². The van der Waals surface area contributed by atoms with Crippen molar-refractivity contribution >= 4 is 34.2 Å². The van der Waals surface area contributed by atoms with Gasteiger partial charge in [-0.25, -0.2) is 24.7 Å². The van der Waals surface area contributed by atoms with Crippen LogP contribution in [-0.4, -0.2) is 75.2 Å². The number of carbonyl (C=O) groups excluding carboxylic acids is 2. The number of aldehydes is 1. The van der Waals surface area contributed by atoms with E-state index in [0.717, 1.165) is 52.4 Å². The monoisotopic (exact) mass is 748 g/mol. The molecule has 4 aromatic carbocycles. The molecular formula is C43H43F3N6O3. The molecule has 2 aliphatic heterocycles. The third-order valence-corrected chi connectivity index (χ3v) is 9.40. The van der Waals surface area contributed by atoms with Gasteiger partial charge in [0.15, 0.2) is 0 Å². The molecule has 284 valence electrons. The van der Waals surface area contributed by atoms with Crippen molar-refractivity contribution < 1.29 is 27.5 Å². The lowest BCUT2D eigenvalue weighted by Gasteiger charge is -2.24. The van der Waals surface area contributed by atoms with Crippen LogP contribution in [-0.2, 0) is 9.53 Å². The van der Waals surface area contributed by atoms with Gasteiger partial charge in [-0.2, -0.15) is 13.2 Å². The number of rotatable bonds is 4. The summed E-state index contributed by atoms with van der Waals surface area (Å²) in [6, 6.07) is 29.7. The van der Waals surface area contributed by atoms with Crippen LogP contribution in [0.4, 0.5) is 18.0 Å². The minimum Gasteiger partial charge on any atom is -0.444 e. The number of aromatic nitrogens is 4. The number of benzene rings is 4. The first-order chi connectivity index (χ1) is 26.4. The smallest absolute Gasteiger partial charge is 0.444 e. The van der Waals surface area contributed by atoms with Crippen molar-refractivity contribution in [2.75, 3.05) is 26.2 Å². The number of amides is 1. The maximum Gasteiger partial charge on any atom is 0.446 e. The molecule has 2 fully saturated rings. The van der Waals surface area contributed by atoms with E-state index in [1.54, 1.807) is 17.6 Å². The van der Waals surface area contributed by atoms with E-state index in [1.807, 2.05) is 51.4 Å². The van der Waals surface area contributed by atoms with Gasteiger partial charge in [0.05, 0.1) is 11.0 Å². The Morgan fingerprint density at radius 3 is 1.73 bits per heavy atom. The van der Waals surface area contributed by atoms with Crippen LogP contribution in [0.25, 0.3) is 44.1 Å². The van der Waals surface area contributed by atoms with Gasteiger partial charge in [0.25, 0.3) is 0 Å². The molecule has 2 atom stereocenters. The Morgan fingerprint density at radius 2 is 1.27 bits per heavy atom. The molecule has 0 radical (unpaired) electrons. The summed E-state index contributed by atoms with van der Waals surface area (Å²) in [5.41, 5.74) is 8.90. The van der Waals surface area contributed by atoms with E-state index in [2.05, 4.69) is 92.0 Å². The minimum atomic E-state index is -4.64. The SMILES string of the molecule is CC(C)(C)OC(=O)N1CCC(c2cc(-c3ccccc3)cc3cncnc23)C1.O=CC(F)(F)F.c1ccc(-c2cc(C3CCNC3)c3ncncc3c2)cc1. The van der Waals surface area contributed by atoms with Crippen molar-refractivity contribution in [3.05, 3.63) is 121 Å². The molecule has 2 aliphatic rings. The molecule has 2 saturated heterocycles. The summed E-state index contributed by atoms with van der Waals surface area (Å²) in [6.07, 6.45) is 3.15. The Kier molecular flexibility index (Phi) is 12.1. The maximum absolute atomic E-state index is 12.5. The molecule has 0 bridgehead atoms. The summed E-state index contributed by atoms with van der Waals surface area (Å²) in [5.74, 6) is 0.777. The minimum absolute atomic E-state index is 0.230. The standard InChI is InChI=1S/C23H25N3O2.C18H17N3.C2HF3O/c1-23(2,3)28-22(27)26-10-9-17(14-26)20-12-18(16-7-5-4-6-8-16)11-19-13-24-15-25-21(19)20;1-2-4-13(5-3-1)15-8-16-11-20-12-21-18(16)17(9-15)14-6-7-19-10-14;3-2(4,5)1-6/h4-8,11-13,15,17H,9-10,14H2,1-3H3;1-5,8-9,11-12,14,19H,6-7,10H2;1H. The molecule has 6 aromatic rings. The van der Waals surface area contributed by atoms with Gasteiger partial charge in [-0.05, 0) is 104 Å². The Bertz CT molecular complexity index is 2220. The van der Waals surface area contributed by atoms with Crippen molar-refractivity contribution in [1.82, 2.24) is 30.2 Å². The predicted octanol–water partition coefficient (Wildman–Crippen LogP) is 9.14. The first-order valence-electron chi connectivity index (χ1n) is 18.2. The molecule has 55 heavy (non-hydrogen) atoms. The average Bonchev–Trinajstić information content (AvgIpc) is 3.92. The lowest BCUT2D eigenvalue weighted by atomic mass is 9.92. The van der Waals surface area contributed by atoms with E-state index < -0.39 is 18.1 Å². The van der Waals surface area contributed by atoms with Crippen LogP contribution in [0.1, 0.15) is 56.6 Å². The van der Waals surface area contributed by atoms with Gasteiger partial charge in [0.1, 0.15) is 18.3 Å². The summed E-state index contributed by atoms with van der Waals surface area (Å²) in [5, 5.41) is 5.60. The van der Waals surface area contributed by atoms with Crippen LogP contribution in [0.3, 0.4) is 0 Å². The number of hydrogen-bond acceptors (Lipinski definition) is 8. The third-order valence-electron chi connectivity index (χ3n) is 9.40. The number of alkyl halides is 3. The van der Waals surface area contributed by atoms with Gasteiger partial charge in [-0.15, -0.1) is 0 Å². The second-order valence-electron chi connectivity index (χ2n) is 14.5. The summed E-state index contributed by atoms with van der Waals surface area (Å²) >= 11 is 0. The molecule has 4 heterocycles. The van der Waals surface area contributed by atoms with Crippen LogP contribution in [0.2, 0.25) is 0 Å². The van der Waals surface area contributed by atoms with Crippen molar-refractivity contribution in [3.8, 4) is 22.3 Å². The number of fused-ring (bicyclic) bond motifs is 2. The highest BCUT2D eigenvalue weighted by Crippen LogP contribution is 2.36. The van der Waals surface area contributed by atoms with Gasteiger partial charge in [-0.3, -0.25) is 4.79 Å². The number of likely N-dealkylation sites (tertiary alicyclic amines) is 1. The van der Waals surface area contributed by atoms with Gasteiger partial charge in [-0.1, -0.05) is 60.7 Å². The van der Waals surface area contributed by atoms with E-state index in [0.29, 0.717) is 19.0 Å². The van der Waals surface area contributed by atoms with E-state index in [1.165, 1.54) is 28.7 Å². The molecule has 8 rings (SSSR count). The summed E-state index contributed by atoms with van der Waals surface area (Å²) < 4.78 is 36.8. The molecule has 1 amide bonds. The van der Waals surface area contributed by atoms with Crippen LogP contribution < -0.4 is 5.32 Å². The van der Waals surface area contributed by atoms with E-state index in [4.69, 9.17) is 9.53 Å². The molecular weight excluding hydrogens is 706 g/mol. The third kappa shape index (κ3) is 10.3. The molecule has 0 spiro atoms. The van der Waals surface area contributed by atoms with E-state index in [9.17, 15) is 18.0 Å². The maximum atomic E-state index is 12.5. The quantitative estimate of drug-likeness (QED) is 0.178. The van der Waals surface area contributed by atoms with Crippen molar-refractivity contribution in [1.29, 1.82) is 0 Å². The zero-order valence-electron chi connectivity index (χ0n) is 31.0. The number of carbonyl (C=O) groups is 2. The lowest BCUT2D eigenvalue weighted by molar-refractivity contribution is -0.156. The highest BCUT2D eigenvalue weighted by atomic mass is 19.4. The van der Waals surface area contributed by atoms with E-state index in [-0.39, 0.29) is 12.0 Å². The first kappa shape index (κ1) is 39.0. The zero-order valence-corrected chi connectivity index (χ0v) is 31.0. The molecule has 1 N–H and O–H groups in total. The Morgan fingerprint density at radius 1 is 0.764 bits per heavy atom. The van der Waals surface area contributed by atoms with Gasteiger partial charge >= 0.3 is 12.3 Å². The number of hydrogen-bond donors (Lipinski definition) is 1. The van der Waals surface area contributed by atoms with Crippen molar-refractivity contribution in [3.63, 3.8) is 0 Å². The van der Waals surface area contributed by atoms with Gasteiger partial charge in [0.2, 0.25) is 6.29 Å². The zero-order chi connectivity index (χ0) is 39.0. The summed E-state index contributed by atoms with van der Waals surface area (Å²) in [7, 11) is 0. The Labute approximate surface area is 318 Å². The summed E-state index contributed by atoms with van der Waals surface area (Å²) in [6.45, 7) is 9.16. The molecule has 0 aliphatic carbocycles. The Hall–Kier alpha value is -5.75. The highest BCUT2D eigenvalue weighted by molar-refractivity contribution is 5.88. The fourth-order valence-corrected chi connectivity index (χ4v) is 6.91. The largest absolute Gasteiger partial charge is 0.446 e. The van der Waals surface area contributed by atoms with Gasteiger partial charge in [0, 0.05) is 48.7 Å². The normalized spacial score (nSPS) is 16.9. The molecule has 2 aromatic heterocycles. The van der Waals surface area contributed by atoms with E-state index >= 15 is 0 Å². The number of ether oxygens (including phenoxy) is 1. The number of nitrogens with zero attached hydrogens (tertiary/aromatic N) is 5. The fraction of sp³-hybridized carbons (Fsp3) is 0.302.